The van der Waals surface area contributed by atoms with E-state index in [0.29, 0.717) is 43.1 Å². The number of nitriles is 1. The number of nitrogens with two attached hydrogens (primary N) is 1. The van der Waals surface area contributed by atoms with Crippen molar-refractivity contribution < 1.29 is 9.53 Å². The highest BCUT2D eigenvalue weighted by Crippen LogP contribution is 2.46. The number of hydrogen-bond donors (Lipinski definition) is 1. The van der Waals surface area contributed by atoms with Crippen molar-refractivity contribution in [3.63, 3.8) is 0 Å². The first kappa shape index (κ1) is 19.5. The van der Waals surface area contributed by atoms with Crippen LogP contribution in [0.1, 0.15) is 38.4 Å². The number of allylic oxidation sites excluding steroid dienone is 1. The minimum Gasteiger partial charge on any atom is -0.374 e. The summed E-state index contributed by atoms with van der Waals surface area (Å²) in [5.41, 5.74) is 8.17. The fourth-order valence-electron chi connectivity index (χ4n) is 4.47. The first-order valence-corrected chi connectivity index (χ1v) is 9.88. The van der Waals surface area contributed by atoms with E-state index in [2.05, 4.69) is 24.9 Å². The van der Waals surface area contributed by atoms with Gasteiger partial charge in [0, 0.05) is 24.9 Å². The summed E-state index contributed by atoms with van der Waals surface area (Å²) < 4.78 is 7.57. The summed E-state index contributed by atoms with van der Waals surface area (Å²) >= 11 is 0. The number of fused-ring (bicyclic) bond motifs is 2. The van der Waals surface area contributed by atoms with E-state index >= 15 is 0 Å². The molecule has 0 spiro atoms. The maximum atomic E-state index is 13.2. The highest BCUT2D eigenvalue weighted by atomic mass is 16.5. The van der Waals surface area contributed by atoms with Gasteiger partial charge in [-0.05, 0) is 24.0 Å². The normalized spacial score (nSPS) is 23.7. The molecular weight excluding hydrogens is 366 g/mol. The second-order valence-electron chi connectivity index (χ2n) is 8.47. The van der Waals surface area contributed by atoms with E-state index in [1.807, 2.05) is 28.8 Å². The third-order valence-electron chi connectivity index (χ3n) is 5.62. The zero-order valence-corrected chi connectivity index (χ0v) is 16.8. The summed E-state index contributed by atoms with van der Waals surface area (Å²) in [7, 11) is 0. The van der Waals surface area contributed by atoms with E-state index in [4.69, 9.17) is 15.5 Å². The van der Waals surface area contributed by atoms with Gasteiger partial charge in [-0.15, -0.1) is 0 Å². The highest BCUT2D eigenvalue weighted by Gasteiger charge is 2.47. The summed E-state index contributed by atoms with van der Waals surface area (Å²) in [6.07, 6.45) is 4.87. The SMILES string of the molecule is CC1(C)CC(=O)C2C(=NC(COCCN)=C(C#N)C2c2ncc3ccccn23)C1. The summed E-state index contributed by atoms with van der Waals surface area (Å²) in [6, 6.07) is 8.13. The number of hydrogen-bond acceptors (Lipinski definition) is 6. The summed E-state index contributed by atoms with van der Waals surface area (Å²) in [6.45, 7) is 5.15. The number of ketones is 1. The van der Waals surface area contributed by atoms with Gasteiger partial charge in [-0.1, -0.05) is 19.9 Å². The molecular formula is C22H25N5O2. The second-order valence-corrected chi connectivity index (χ2v) is 8.47. The third-order valence-corrected chi connectivity index (χ3v) is 5.62. The molecule has 0 aromatic carbocycles. The molecule has 1 aliphatic heterocycles. The lowest BCUT2D eigenvalue weighted by Gasteiger charge is -2.40. The lowest BCUT2D eigenvalue weighted by atomic mass is 9.64. The number of carbonyl (C=O) groups is 1. The van der Waals surface area contributed by atoms with Gasteiger partial charge >= 0.3 is 0 Å². The minimum absolute atomic E-state index is 0.118. The molecule has 0 saturated heterocycles. The van der Waals surface area contributed by atoms with Gasteiger partial charge in [-0.2, -0.15) is 5.26 Å². The van der Waals surface area contributed by atoms with E-state index in [9.17, 15) is 10.1 Å². The summed E-state index contributed by atoms with van der Waals surface area (Å²) in [5, 5.41) is 10.0. The number of rotatable bonds is 5. The van der Waals surface area contributed by atoms with Crippen molar-refractivity contribution in [2.24, 2.45) is 22.1 Å². The maximum absolute atomic E-state index is 13.2. The van der Waals surface area contributed by atoms with E-state index in [1.54, 1.807) is 6.20 Å². The molecule has 0 bridgehead atoms. The number of aromatic nitrogens is 2. The standard InChI is InChI=1S/C22H25N5O2/c1-22(2)9-16-20(18(28)10-22)19(15(11-24)17(26-16)13-29-8-6-23)21-25-12-14-5-3-4-7-27(14)21/h3-5,7,12,19-20H,6,8-10,13,23H2,1-2H3. The minimum atomic E-state index is -0.461. The molecule has 29 heavy (non-hydrogen) atoms. The molecule has 1 saturated carbocycles. The molecule has 1 fully saturated rings. The molecule has 0 radical (unpaired) electrons. The van der Waals surface area contributed by atoms with Gasteiger partial charge < -0.3 is 14.9 Å². The average molecular weight is 391 g/mol. The second kappa shape index (κ2) is 7.54. The van der Waals surface area contributed by atoms with E-state index in [0.717, 1.165) is 11.2 Å². The quantitative estimate of drug-likeness (QED) is 0.789. The Labute approximate surface area is 169 Å². The fraction of sp³-hybridized carbons (Fsp3) is 0.455. The Bertz CT molecular complexity index is 1060. The van der Waals surface area contributed by atoms with Crippen LogP contribution in [0, 0.1) is 22.7 Å². The molecule has 2 aromatic heterocycles. The highest BCUT2D eigenvalue weighted by molar-refractivity contribution is 6.10. The van der Waals surface area contributed by atoms with E-state index in [-0.39, 0.29) is 17.8 Å². The number of carbonyl (C=O) groups excluding carboxylic acids is 1. The van der Waals surface area contributed by atoms with Crippen LogP contribution in [0.4, 0.5) is 0 Å². The average Bonchev–Trinajstić information content (AvgIpc) is 3.10. The smallest absolute Gasteiger partial charge is 0.143 e. The largest absolute Gasteiger partial charge is 0.374 e. The number of Topliss-reactive ketones (excluding diaryl/α,β-unsaturated/α-hetero) is 1. The van der Waals surface area contributed by atoms with Crippen molar-refractivity contribution in [1.29, 1.82) is 5.26 Å². The van der Waals surface area contributed by atoms with Crippen LogP contribution >= 0.6 is 0 Å². The molecule has 3 heterocycles. The Kier molecular flexibility index (Phi) is 5.07. The van der Waals surface area contributed by atoms with Gasteiger partial charge in [0.15, 0.2) is 0 Å². The molecule has 2 aromatic rings. The number of pyridine rings is 1. The van der Waals surface area contributed by atoms with E-state index in [1.165, 1.54) is 0 Å². The zero-order chi connectivity index (χ0) is 20.6. The van der Waals surface area contributed by atoms with Crippen molar-refractivity contribution in [2.75, 3.05) is 19.8 Å². The maximum Gasteiger partial charge on any atom is 0.143 e. The third kappa shape index (κ3) is 3.50. The molecule has 150 valence electrons. The van der Waals surface area contributed by atoms with Gasteiger partial charge in [0.05, 0.1) is 54.1 Å². The molecule has 7 heteroatoms. The molecule has 2 N–H and O–H groups in total. The van der Waals surface area contributed by atoms with Crippen molar-refractivity contribution in [3.05, 3.63) is 47.7 Å². The van der Waals surface area contributed by atoms with Gasteiger partial charge in [0.25, 0.3) is 0 Å². The molecule has 2 aliphatic rings. The van der Waals surface area contributed by atoms with Crippen LogP contribution < -0.4 is 5.73 Å². The van der Waals surface area contributed by atoms with Crippen molar-refractivity contribution >= 4 is 17.0 Å². The summed E-state index contributed by atoms with van der Waals surface area (Å²) in [5.74, 6) is -0.106. The number of imidazole rings is 1. The molecule has 2 unspecified atom stereocenters. The van der Waals surface area contributed by atoms with Crippen molar-refractivity contribution in [2.45, 2.75) is 32.6 Å². The molecule has 2 atom stereocenters. The van der Waals surface area contributed by atoms with Gasteiger partial charge in [-0.3, -0.25) is 9.79 Å². The monoisotopic (exact) mass is 391 g/mol. The van der Waals surface area contributed by atoms with Crippen LogP contribution in [0.3, 0.4) is 0 Å². The Morgan fingerprint density at radius 3 is 2.93 bits per heavy atom. The molecule has 0 amide bonds. The summed E-state index contributed by atoms with van der Waals surface area (Å²) in [4.78, 5) is 22.6. The topological polar surface area (TPSA) is 106 Å². The zero-order valence-electron chi connectivity index (χ0n) is 16.8. The van der Waals surface area contributed by atoms with Gasteiger partial charge in [-0.25, -0.2) is 4.98 Å². The van der Waals surface area contributed by atoms with Gasteiger partial charge in [0.1, 0.15) is 11.6 Å². The predicted molar refractivity (Wildman–Crippen MR) is 109 cm³/mol. The number of ether oxygens (including phenoxy) is 1. The number of nitrogens with zero attached hydrogens (tertiary/aromatic N) is 4. The Balaban J connectivity index is 1.87. The molecule has 7 nitrogen and oxygen atoms in total. The lowest BCUT2D eigenvalue weighted by molar-refractivity contribution is -0.124. The molecule has 1 aliphatic carbocycles. The van der Waals surface area contributed by atoms with Crippen LogP contribution in [0.15, 0.2) is 46.9 Å². The van der Waals surface area contributed by atoms with Crippen LogP contribution in [0.2, 0.25) is 0 Å². The van der Waals surface area contributed by atoms with Crippen LogP contribution in [0.25, 0.3) is 5.52 Å². The first-order valence-electron chi connectivity index (χ1n) is 9.88. The first-order chi connectivity index (χ1) is 13.9. The number of aliphatic imine (C=N–C) groups is 1. The fourth-order valence-corrected chi connectivity index (χ4v) is 4.47. The lowest BCUT2D eigenvalue weighted by Crippen LogP contribution is -2.43. The van der Waals surface area contributed by atoms with Crippen LogP contribution in [-0.2, 0) is 9.53 Å². The van der Waals surface area contributed by atoms with Crippen LogP contribution in [-0.4, -0.2) is 40.6 Å². The van der Waals surface area contributed by atoms with Crippen molar-refractivity contribution in [1.82, 2.24) is 9.38 Å². The molecule has 4 rings (SSSR count). The predicted octanol–water partition coefficient (Wildman–Crippen LogP) is 2.63. The van der Waals surface area contributed by atoms with E-state index < -0.39 is 11.8 Å². The van der Waals surface area contributed by atoms with Gasteiger partial charge in [0.2, 0.25) is 0 Å². The Morgan fingerprint density at radius 1 is 1.34 bits per heavy atom. The Hall–Kier alpha value is -2.82. The Morgan fingerprint density at radius 2 is 2.17 bits per heavy atom. The van der Waals surface area contributed by atoms with Crippen LogP contribution in [0.5, 0.6) is 0 Å². The van der Waals surface area contributed by atoms with Crippen molar-refractivity contribution in [3.8, 4) is 6.07 Å².